The first kappa shape index (κ1) is 31.8. The van der Waals surface area contributed by atoms with Gasteiger partial charge in [-0.05, 0) is 70.1 Å². The minimum atomic E-state index is -1.70. The van der Waals surface area contributed by atoms with E-state index in [4.69, 9.17) is 18.9 Å². The molecule has 11 nitrogen and oxygen atoms in total. The third kappa shape index (κ3) is 7.94. The van der Waals surface area contributed by atoms with E-state index in [2.05, 4.69) is 26.8 Å². The van der Waals surface area contributed by atoms with Crippen LogP contribution in [0.5, 0.6) is 0 Å². The molecule has 2 saturated heterocycles. The predicted octanol–water partition coefficient (Wildman–Crippen LogP) is -0.184. The summed E-state index contributed by atoms with van der Waals surface area (Å²) in [4.78, 5) is 0. The summed E-state index contributed by atoms with van der Waals surface area (Å²) in [5, 5.41) is 70.9. The third-order valence-electron chi connectivity index (χ3n) is 8.33. The number of aliphatic hydroxyl groups is 7. The van der Waals surface area contributed by atoms with Crippen LogP contribution >= 0.6 is 0 Å². The number of ether oxygens (including phenoxy) is 4. The molecule has 0 spiro atoms. The first-order valence-corrected chi connectivity index (χ1v) is 13.9. The molecule has 0 amide bonds. The Hall–Kier alpha value is -0.700. The molecule has 0 bridgehead atoms. The highest BCUT2D eigenvalue weighted by molar-refractivity contribution is 4.95. The van der Waals surface area contributed by atoms with Crippen molar-refractivity contribution in [2.75, 3.05) is 19.8 Å². The number of allylic oxidation sites excluding steroid dienone is 2. The first-order valence-electron chi connectivity index (χ1n) is 13.9. The van der Waals surface area contributed by atoms with Gasteiger partial charge in [0.15, 0.2) is 12.6 Å². The molecule has 2 heterocycles. The molecule has 222 valence electrons. The fourth-order valence-electron chi connectivity index (χ4n) is 5.72. The van der Waals surface area contributed by atoms with Gasteiger partial charge in [0.25, 0.3) is 0 Å². The average molecular weight is 549 g/mol. The van der Waals surface area contributed by atoms with Crippen molar-refractivity contribution in [2.45, 2.75) is 121 Å². The molecule has 38 heavy (non-hydrogen) atoms. The maximum absolute atomic E-state index is 10.8. The van der Waals surface area contributed by atoms with E-state index in [0.29, 0.717) is 24.4 Å². The highest BCUT2D eigenvalue weighted by atomic mass is 16.7. The van der Waals surface area contributed by atoms with Gasteiger partial charge in [-0.3, -0.25) is 0 Å². The van der Waals surface area contributed by atoms with E-state index < -0.39 is 74.6 Å². The van der Waals surface area contributed by atoms with Crippen molar-refractivity contribution in [2.24, 2.45) is 17.8 Å². The van der Waals surface area contributed by atoms with Crippen molar-refractivity contribution < 1.29 is 54.7 Å². The maximum Gasteiger partial charge on any atom is 0.187 e. The van der Waals surface area contributed by atoms with Crippen LogP contribution in [0.4, 0.5) is 0 Å². The predicted molar refractivity (Wildman–Crippen MR) is 136 cm³/mol. The van der Waals surface area contributed by atoms with Crippen molar-refractivity contribution in [3.8, 4) is 0 Å². The lowest BCUT2D eigenvalue weighted by Gasteiger charge is -2.46. The monoisotopic (exact) mass is 548 g/mol. The molecule has 2 aliphatic heterocycles. The lowest BCUT2D eigenvalue weighted by molar-refractivity contribution is -0.360. The zero-order valence-electron chi connectivity index (χ0n) is 22.7. The molecule has 7 N–H and O–H groups in total. The second kappa shape index (κ2) is 14.8. The molecule has 1 saturated carbocycles. The molecule has 0 radical (unpaired) electrons. The van der Waals surface area contributed by atoms with Gasteiger partial charge >= 0.3 is 0 Å². The van der Waals surface area contributed by atoms with Gasteiger partial charge < -0.3 is 54.7 Å². The fraction of sp³-hybridized carbons (Fsp3) is 0.926. The third-order valence-corrected chi connectivity index (χ3v) is 8.33. The normalized spacial score (nSPS) is 43.0. The summed E-state index contributed by atoms with van der Waals surface area (Å²) in [5.41, 5.74) is 1.35. The van der Waals surface area contributed by atoms with Gasteiger partial charge in [-0.15, -0.1) is 0 Å². The summed E-state index contributed by atoms with van der Waals surface area (Å²) in [5.74, 6) is 1.66. The van der Waals surface area contributed by atoms with Crippen LogP contribution in [0.3, 0.4) is 0 Å². The van der Waals surface area contributed by atoms with Gasteiger partial charge in [0.2, 0.25) is 0 Å². The molecule has 11 atom stereocenters. The van der Waals surface area contributed by atoms with Gasteiger partial charge in [-0.2, -0.15) is 0 Å². The number of hydrogen-bond acceptors (Lipinski definition) is 11. The number of aliphatic hydroxyl groups excluding tert-OH is 7. The maximum atomic E-state index is 10.8. The summed E-state index contributed by atoms with van der Waals surface area (Å²) >= 11 is 0. The Labute approximate surface area is 225 Å². The minimum Gasteiger partial charge on any atom is -0.394 e. The topological polar surface area (TPSA) is 179 Å². The van der Waals surface area contributed by atoms with Crippen molar-refractivity contribution in [3.05, 3.63) is 11.6 Å². The van der Waals surface area contributed by atoms with Crippen LogP contribution in [-0.4, -0.2) is 117 Å². The van der Waals surface area contributed by atoms with E-state index in [1.807, 2.05) is 0 Å². The molecule has 0 aromatic rings. The molecule has 11 heteroatoms. The Kier molecular flexibility index (Phi) is 12.4. The van der Waals surface area contributed by atoms with E-state index in [-0.39, 0.29) is 0 Å². The van der Waals surface area contributed by atoms with Gasteiger partial charge in [-0.25, -0.2) is 0 Å². The quantitative estimate of drug-likeness (QED) is 0.170. The molecular formula is C27H48O11. The standard InChI is InChI=1S/C27H48O11/c1-14(2)5-4-6-15(3)17-9-7-16(8-10-17)13-35-26-24(34)22(32)25(19(12-29)37-26)38-27-23(33)21(31)20(30)18(11-28)36-27/h5,15-34H,4,6-13H2,1-3H3/t15-,16?,17?,18+,19+,20+,21-,22+,23+,24+,25+,26+,27-/m0/s1. The van der Waals surface area contributed by atoms with Crippen LogP contribution < -0.4 is 0 Å². The van der Waals surface area contributed by atoms with Gasteiger partial charge in [0.1, 0.15) is 48.8 Å². The second-order valence-electron chi connectivity index (χ2n) is 11.5. The van der Waals surface area contributed by atoms with E-state index in [9.17, 15) is 35.7 Å². The Bertz CT molecular complexity index is 720. The highest BCUT2D eigenvalue weighted by Crippen LogP contribution is 2.36. The first-order chi connectivity index (χ1) is 18.1. The van der Waals surface area contributed by atoms with Crippen LogP contribution in [0, 0.1) is 17.8 Å². The molecule has 3 fully saturated rings. The minimum absolute atomic E-state index is 0.305. The molecule has 3 aliphatic rings. The summed E-state index contributed by atoms with van der Waals surface area (Å²) in [6.45, 7) is 5.69. The van der Waals surface area contributed by atoms with E-state index in [1.54, 1.807) is 0 Å². The number of rotatable bonds is 11. The molecule has 3 rings (SSSR count). The Morgan fingerprint density at radius 3 is 2.03 bits per heavy atom. The lowest BCUT2D eigenvalue weighted by atomic mass is 9.75. The van der Waals surface area contributed by atoms with Gasteiger partial charge in [-0.1, -0.05) is 18.6 Å². The number of hydrogen-bond donors (Lipinski definition) is 7. The van der Waals surface area contributed by atoms with Crippen LogP contribution in [0.15, 0.2) is 11.6 Å². The Morgan fingerprint density at radius 1 is 0.816 bits per heavy atom. The van der Waals surface area contributed by atoms with Crippen LogP contribution in [0.1, 0.15) is 59.3 Å². The average Bonchev–Trinajstić information content (AvgIpc) is 2.90. The zero-order valence-corrected chi connectivity index (χ0v) is 22.7. The highest BCUT2D eigenvalue weighted by Gasteiger charge is 2.50. The summed E-state index contributed by atoms with van der Waals surface area (Å²) in [6.07, 6.45) is -5.54. The van der Waals surface area contributed by atoms with E-state index >= 15 is 0 Å². The molecule has 0 aromatic heterocycles. The summed E-state index contributed by atoms with van der Waals surface area (Å²) < 4.78 is 22.5. The Balaban J connectivity index is 1.49. The van der Waals surface area contributed by atoms with Gasteiger partial charge in [0, 0.05) is 0 Å². The molecular weight excluding hydrogens is 500 g/mol. The van der Waals surface area contributed by atoms with Crippen LogP contribution in [0.2, 0.25) is 0 Å². The van der Waals surface area contributed by atoms with Crippen LogP contribution in [-0.2, 0) is 18.9 Å². The van der Waals surface area contributed by atoms with E-state index in [0.717, 1.165) is 32.1 Å². The largest absolute Gasteiger partial charge is 0.394 e. The fourth-order valence-corrected chi connectivity index (χ4v) is 5.72. The summed E-state index contributed by atoms with van der Waals surface area (Å²) in [7, 11) is 0. The van der Waals surface area contributed by atoms with Crippen molar-refractivity contribution in [3.63, 3.8) is 0 Å². The van der Waals surface area contributed by atoms with Crippen LogP contribution in [0.25, 0.3) is 0 Å². The second-order valence-corrected chi connectivity index (χ2v) is 11.5. The van der Waals surface area contributed by atoms with Gasteiger partial charge in [0.05, 0.1) is 19.8 Å². The molecule has 1 aliphatic carbocycles. The zero-order chi connectivity index (χ0) is 28.0. The van der Waals surface area contributed by atoms with E-state index in [1.165, 1.54) is 12.0 Å². The van der Waals surface area contributed by atoms with Crippen molar-refractivity contribution in [1.29, 1.82) is 0 Å². The smallest absolute Gasteiger partial charge is 0.187 e. The van der Waals surface area contributed by atoms with Crippen molar-refractivity contribution in [1.82, 2.24) is 0 Å². The summed E-state index contributed by atoms with van der Waals surface area (Å²) in [6, 6.07) is 0. The molecule has 0 aromatic carbocycles. The SMILES string of the molecule is CC(C)=CCC[C@H](C)C1CCC(CO[C@@H]2O[C@H](CO)[C@@H](O[C@@H]3O[C@H](CO)[C@@H](O)[C@H](O)[C@H]3O)[C@H](O)[C@H]2O)CC1. The van der Waals surface area contributed by atoms with Crippen molar-refractivity contribution >= 4 is 0 Å². The Morgan fingerprint density at radius 2 is 1.42 bits per heavy atom. The molecule has 0 unspecified atom stereocenters. The lowest BCUT2D eigenvalue weighted by Crippen LogP contribution is -2.64.